The van der Waals surface area contributed by atoms with Gasteiger partial charge in [-0.25, -0.2) is 9.67 Å². The number of nitrogens with zero attached hydrogens (tertiary/aromatic N) is 3. The lowest BCUT2D eigenvalue weighted by Gasteiger charge is -2.24. The molecule has 5 rings (SSSR count). The van der Waals surface area contributed by atoms with E-state index in [1.54, 1.807) is 0 Å². The van der Waals surface area contributed by atoms with Crippen LogP contribution in [0.25, 0.3) is 17.0 Å². The van der Waals surface area contributed by atoms with Crippen molar-refractivity contribution in [2.75, 3.05) is 0 Å². The lowest BCUT2D eigenvalue weighted by atomic mass is 9.80. The van der Waals surface area contributed by atoms with E-state index in [-0.39, 0.29) is 11.7 Å². The molecule has 0 unspecified atom stereocenters. The number of H-pyrrole nitrogens is 1. The molecule has 0 radical (unpaired) electrons. The summed E-state index contributed by atoms with van der Waals surface area (Å²) < 4.78 is 1.83. The molecule has 5 heteroatoms. The highest BCUT2D eigenvalue weighted by Crippen LogP contribution is 2.36. The van der Waals surface area contributed by atoms with Gasteiger partial charge >= 0.3 is 0 Å². The number of nitrogens with one attached hydrogen (secondary N) is 1. The molecule has 1 atom stereocenters. The molecule has 0 amide bonds. The monoisotopic (exact) mass is 356 g/mol. The zero-order valence-electron chi connectivity index (χ0n) is 15.4. The minimum atomic E-state index is 0.171. The van der Waals surface area contributed by atoms with E-state index in [0.29, 0.717) is 12.4 Å². The van der Waals surface area contributed by atoms with Gasteiger partial charge in [0.15, 0.2) is 5.78 Å². The highest BCUT2D eigenvalue weighted by molar-refractivity contribution is 6.00. The van der Waals surface area contributed by atoms with Gasteiger partial charge in [-0.05, 0) is 49.4 Å². The summed E-state index contributed by atoms with van der Waals surface area (Å²) in [5.74, 6) is 1.01. The number of para-hydroxylation sites is 2. The molecule has 27 heavy (non-hydrogen) atoms. The highest BCUT2D eigenvalue weighted by Gasteiger charge is 2.33. The predicted octanol–water partition coefficient (Wildman–Crippen LogP) is 4.28. The molecule has 0 saturated heterocycles. The number of hydrogen-bond donors (Lipinski definition) is 1. The summed E-state index contributed by atoms with van der Waals surface area (Å²) in [5, 5.41) is 4.66. The van der Waals surface area contributed by atoms with Gasteiger partial charge in [-0.2, -0.15) is 5.10 Å². The molecule has 2 aromatic carbocycles. The molecule has 5 nitrogen and oxygen atoms in total. The molecule has 0 spiro atoms. The standard InChI is InChI=1S/C22H20N4O/c1-13-7-3-4-8-16(13)15-11-19-21(20(27)12-15)14(2)25-26(19)22-23-17-9-5-6-10-18(17)24-22/h3-10,15H,11-12H2,1-2H3,(H,23,24)/t15-/m1/s1. The number of fused-ring (bicyclic) bond motifs is 2. The lowest BCUT2D eigenvalue weighted by Crippen LogP contribution is -2.21. The van der Waals surface area contributed by atoms with Crippen molar-refractivity contribution in [3.05, 3.63) is 76.6 Å². The topological polar surface area (TPSA) is 63.6 Å². The molecular weight excluding hydrogens is 336 g/mol. The van der Waals surface area contributed by atoms with Gasteiger partial charge in [0, 0.05) is 6.42 Å². The van der Waals surface area contributed by atoms with Crippen LogP contribution in [-0.2, 0) is 6.42 Å². The summed E-state index contributed by atoms with van der Waals surface area (Å²) in [4.78, 5) is 20.9. The summed E-state index contributed by atoms with van der Waals surface area (Å²) in [6.45, 7) is 4.01. The van der Waals surface area contributed by atoms with Crippen molar-refractivity contribution in [2.24, 2.45) is 0 Å². The smallest absolute Gasteiger partial charge is 0.229 e. The molecule has 4 aromatic rings. The Morgan fingerprint density at radius 2 is 1.81 bits per heavy atom. The summed E-state index contributed by atoms with van der Waals surface area (Å²) in [6.07, 6.45) is 1.31. The molecule has 0 fully saturated rings. The van der Waals surface area contributed by atoms with Gasteiger partial charge in [-0.3, -0.25) is 4.79 Å². The molecule has 2 aromatic heterocycles. The Labute approximate surface area is 157 Å². The Balaban J connectivity index is 1.64. The van der Waals surface area contributed by atoms with E-state index in [9.17, 15) is 4.79 Å². The zero-order valence-corrected chi connectivity index (χ0v) is 15.4. The number of aromatic nitrogens is 4. The van der Waals surface area contributed by atoms with Crippen LogP contribution in [-0.4, -0.2) is 25.5 Å². The van der Waals surface area contributed by atoms with Gasteiger partial charge in [0.1, 0.15) is 0 Å². The minimum absolute atomic E-state index is 0.171. The minimum Gasteiger partial charge on any atom is -0.322 e. The fraction of sp³-hybridized carbons (Fsp3) is 0.227. The average molecular weight is 356 g/mol. The summed E-state index contributed by atoms with van der Waals surface area (Å²) in [6, 6.07) is 16.2. The molecular formula is C22H20N4O. The maximum absolute atomic E-state index is 12.9. The number of hydrogen-bond acceptors (Lipinski definition) is 3. The van der Waals surface area contributed by atoms with Gasteiger partial charge in [-0.15, -0.1) is 0 Å². The maximum Gasteiger partial charge on any atom is 0.229 e. The first kappa shape index (κ1) is 16.0. The lowest BCUT2D eigenvalue weighted by molar-refractivity contribution is 0.0963. The van der Waals surface area contributed by atoms with E-state index in [1.807, 2.05) is 48.0 Å². The highest BCUT2D eigenvalue weighted by atomic mass is 16.1. The predicted molar refractivity (Wildman–Crippen MR) is 105 cm³/mol. The number of carbonyl (C=O) groups excluding carboxylic acids is 1. The van der Waals surface area contributed by atoms with Gasteiger partial charge in [0.05, 0.1) is 28.0 Å². The second kappa shape index (κ2) is 5.91. The number of rotatable bonds is 2. The first-order chi connectivity index (χ1) is 13.1. The number of imidazole rings is 1. The third-order valence-electron chi connectivity index (χ3n) is 5.51. The van der Waals surface area contributed by atoms with Crippen molar-refractivity contribution >= 4 is 16.8 Å². The molecule has 1 aliphatic carbocycles. The Kier molecular flexibility index (Phi) is 3.50. The normalized spacial score (nSPS) is 16.7. The number of carbonyl (C=O) groups is 1. The molecule has 0 aliphatic heterocycles. The summed E-state index contributed by atoms with van der Waals surface area (Å²) in [7, 11) is 0. The molecule has 0 bridgehead atoms. The third-order valence-corrected chi connectivity index (χ3v) is 5.51. The summed E-state index contributed by atoms with van der Waals surface area (Å²) in [5.41, 5.74) is 6.82. The number of ketones is 1. The second-order valence-corrected chi connectivity index (χ2v) is 7.28. The van der Waals surface area contributed by atoms with Crippen LogP contribution in [0.5, 0.6) is 0 Å². The zero-order chi connectivity index (χ0) is 18.5. The van der Waals surface area contributed by atoms with Crippen LogP contribution in [0.2, 0.25) is 0 Å². The van der Waals surface area contributed by atoms with Crippen molar-refractivity contribution in [1.29, 1.82) is 0 Å². The SMILES string of the molecule is Cc1ccccc1[C@H]1CC(=O)c2c(C)nn(-c3nc4ccccc4[nH]3)c2C1. The van der Waals surface area contributed by atoms with E-state index in [0.717, 1.165) is 34.4 Å². The Morgan fingerprint density at radius 3 is 2.63 bits per heavy atom. The quantitative estimate of drug-likeness (QED) is 0.583. The first-order valence-corrected chi connectivity index (χ1v) is 9.24. The van der Waals surface area contributed by atoms with Crippen LogP contribution < -0.4 is 0 Å². The van der Waals surface area contributed by atoms with Crippen LogP contribution in [0, 0.1) is 13.8 Å². The van der Waals surface area contributed by atoms with E-state index < -0.39 is 0 Å². The van der Waals surface area contributed by atoms with Crippen LogP contribution in [0.15, 0.2) is 48.5 Å². The Hall–Kier alpha value is -3.21. The van der Waals surface area contributed by atoms with Gasteiger partial charge < -0.3 is 4.98 Å². The number of aryl methyl sites for hydroxylation is 2. The second-order valence-electron chi connectivity index (χ2n) is 7.28. The number of benzene rings is 2. The molecule has 1 N–H and O–H groups in total. The molecule has 1 aliphatic rings. The van der Waals surface area contributed by atoms with Crippen molar-refractivity contribution in [3.63, 3.8) is 0 Å². The van der Waals surface area contributed by atoms with E-state index in [2.05, 4.69) is 34.1 Å². The maximum atomic E-state index is 12.9. The van der Waals surface area contributed by atoms with Crippen molar-refractivity contribution < 1.29 is 4.79 Å². The fourth-order valence-electron chi connectivity index (χ4n) is 4.24. The van der Waals surface area contributed by atoms with E-state index in [1.165, 1.54) is 11.1 Å². The fourth-order valence-corrected chi connectivity index (χ4v) is 4.24. The number of aromatic amines is 1. The Morgan fingerprint density at radius 1 is 1.04 bits per heavy atom. The van der Waals surface area contributed by atoms with E-state index >= 15 is 0 Å². The van der Waals surface area contributed by atoms with Crippen molar-refractivity contribution in [1.82, 2.24) is 19.7 Å². The van der Waals surface area contributed by atoms with Crippen LogP contribution >= 0.6 is 0 Å². The average Bonchev–Trinajstić information content (AvgIpc) is 3.23. The molecule has 2 heterocycles. The molecule has 134 valence electrons. The van der Waals surface area contributed by atoms with Crippen LogP contribution in [0.4, 0.5) is 0 Å². The number of Topliss-reactive ketones (excluding diaryl/α,β-unsaturated/α-hetero) is 1. The molecule has 0 saturated carbocycles. The van der Waals surface area contributed by atoms with Crippen molar-refractivity contribution in [3.8, 4) is 5.95 Å². The summed E-state index contributed by atoms with van der Waals surface area (Å²) >= 11 is 0. The van der Waals surface area contributed by atoms with E-state index in [4.69, 9.17) is 0 Å². The first-order valence-electron chi connectivity index (χ1n) is 9.24. The Bertz CT molecular complexity index is 1150. The van der Waals surface area contributed by atoms with Gasteiger partial charge in [0.25, 0.3) is 0 Å². The van der Waals surface area contributed by atoms with Gasteiger partial charge in [0.2, 0.25) is 5.95 Å². The third kappa shape index (κ3) is 2.50. The van der Waals surface area contributed by atoms with Crippen LogP contribution in [0.3, 0.4) is 0 Å². The van der Waals surface area contributed by atoms with Crippen molar-refractivity contribution in [2.45, 2.75) is 32.6 Å². The van der Waals surface area contributed by atoms with Gasteiger partial charge in [-0.1, -0.05) is 36.4 Å². The largest absolute Gasteiger partial charge is 0.322 e. The van der Waals surface area contributed by atoms with Crippen LogP contribution in [0.1, 0.15) is 45.2 Å².